The zero-order valence-electron chi connectivity index (χ0n) is 6.98. The fourth-order valence-electron chi connectivity index (χ4n) is 0.599. The Morgan fingerprint density at radius 3 is 2.29 bits per heavy atom. The maximum atomic E-state index is 10.2. The van der Waals surface area contributed by atoms with Gasteiger partial charge in [-0.25, -0.2) is 13.9 Å². The van der Waals surface area contributed by atoms with Gasteiger partial charge in [-0.15, -0.1) is 0 Å². The Bertz CT molecular complexity index is 416. The molecule has 2 rings (SSSR count). The lowest BCUT2D eigenvalue weighted by Gasteiger charge is -1.91. The second-order valence-electron chi connectivity index (χ2n) is 2.13. The van der Waals surface area contributed by atoms with Crippen LogP contribution in [0.3, 0.4) is 0 Å². The van der Waals surface area contributed by atoms with Crippen LogP contribution in [0.5, 0.6) is 0 Å². The Morgan fingerprint density at radius 1 is 1.29 bits per heavy atom. The van der Waals surface area contributed by atoms with Gasteiger partial charge in [0, 0.05) is 24.8 Å². The molecule has 0 spiro atoms. The molecule has 0 aliphatic heterocycles. The quantitative estimate of drug-likeness (QED) is 0.650. The molecule has 0 bridgehead atoms. The van der Waals surface area contributed by atoms with Crippen LogP contribution in [0.15, 0.2) is 37.4 Å². The van der Waals surface area contributed by atoms with Crippen molar-refractivity contribution in [2.45, 2.75) is 0 Å². The summed E-state index contributed by atoms with van der Waals surface area (Å²) in [6.45, 7) is 0. The molecule has 2 aromatic heterocycles. The second-order valence-corrected chi connectivity index (χ2v) is 3.45. The fourth-order valence-corrected chi connectivity index (χ4v) is 0.980. The van der Waals surface area contributed by atoms with Gasteiger partial charge in [0.15, 0.2) is 0 Å². The lowest BCUT2D eigenvalue weighted by atomic mass is 11.0. The molecule has 0 saturated carbocycles. The third kappa shape index (κ3) is 3.37. The van der Waals surface area contributed by atoms with Crippen LogP contribution in [0.1, 0.15) is 0 Å². The highest BCUT2D eigenvalue weighted by Crippen LogP contribution is 1.89. The Morgan fingerprint density at radius 2 is 2.07 bits per heavy atom. The van der Waals surface area contributed by atoms with E-state index in [0.717, 1.165) is 12.5 Å². The van der Waals surface area contributed by atoms with Crippen molar-refractivity contribution in [1.82, 2.24) is 18.9 Å². The summed E-state index contributed by atoms with van der Waals surface area (Å²) >= 11 is 0. The monoisotopic (exact) mass is 216 g/mol. The molecule has 2 N–H and O–H groups in total. The van der Waals surface area contributed by atoms with Crippen molar-refractivity contribution < 1.29 is 13.0 Å². The first-order chi connectivity index (χ1) is 6.61. The van der Waals surface area contributed by atoms with E-state index in [0.29, 0.717) is 3.97 Å². The largest absolute Gasteiger partial charge is 0.364 e. The SMILES string of the molecule is O=S(=O)(O)n1ccnc1.c1c[nH]cn1. The molecule has 14 heavy (non-hydrogen) atoms. The third-order valence-electron chi connectivity index (χ3n) is 1.15. The van der Waals surface area contributed by atoms with Gasteiger partial charge in [-0.3, -0.25) is 4.55 Å². The minimum absolute atomic E-state index is 0.604. The number of hydrogen-bond acceptors (Lipinski definition) is 4. The van der Waals surface area contributed by atoms with E-state index >= 15 is 0 Å². The molecule has 0 amide bonds. The molecule has 0 radical (unpaired) electrons. The molecule has 0 atom stereocenters. The van der Waals surface area contributed by atoms with Crippen LogP contribution >= 0.6 is 0 Å². The van der Waals surface area contributed by atoms with Crippen molar-refractivity contribution >= 4 is 10.3 Å². The zero-order valence-corrected chi connectivity index (χ0v) is 7.79. The van der Waals surface area contributed by atoms with Crippen LogP contribution in [-0.4, -0.2) is 31.9 Å². The smallest absolute Gasteiger partial charge is 0.351 e. The molecule has 8 heteroatoms. The topological polar surface area (TPSA) is 101 Å². The standard InChI is InChI=1S/C3H4N2O3S.C3H4N2/c6-9(7,8)5-2-1-4-3-5;1-2-5-3-4-1/h1-3H,(H,6,7,8);1-3H,(H,4,5). The maximum absolute atomic E-state index is 10.2. The maximum Gasteiger partial charge on any atom is 0.364 e. The molecule has 2 aromatic rings. The molecule has 76 valence electrons. The minimum Gasteiger partial charge on any atom is -0.351 e. The highest BCUT2D eigenvalue weighted by Gasteiger charge is 2.03. The molecule has 2 heterocycles. The highest BCUT2D eigenvalue weighted by atomic mass is 32.2. The third-order valence-corrected chi connectivity index (χ3v) is 1.90. The van der Waals surface area contributed by atoms with Gasteiger partial charge in [0.25, 0.3) is 0 Å². The molecule has 0 saturated heterocycles. The zero-order chi connectivity index (χ0) is 10.4. The Hall–Kier alpha value is -1.67. The average molecular weight is 216 g/mol. The summed E-state index contributed by atoms with van der Waals surface area (Å²) in [7, 11) is -4.11. The van der Waals surface area contributed by atoms with Crippen LogP contribution in [0, 0.1) is 0 Å². The summed E-state index contributed by atoms with van der Waals surface area (Å²) < 4.78 is 29.2. The average Bonchev–Trinajstić information content (AvgIpc) is 2.80. The first-order valence-electron chi connectivity index (χ1n) is 3.49. The minimum atomic E-state index is -4.11. The Labute approximate surface area is 80.3 Å². The number of rotatable bonds is 1. The molecule has 0 aromatic carbocycles. The van der Waals surface area contributed by atoms with Crippen LogP contribution in [0.25, 0.3) is 0 Å². The van der Waals surface area contributed by atoms with Crippen LogP contribution in [0.2, 0.25) is 0 Å². The van der Waals surface area contributed by atoms with E-state index in [9.17, 15) is 8.42 Å². The van der Waals surface area contributed by atoms with Crippen molar-refractivity contribution in [2.75, 3.05) is 0 Å². The number of imidazole rings is 2. The summed E-state index contributed by atoms with van der Waals surface area (Å²) in [4.78, 5) is 9.83. The summed E-state index contributed by atoms with van der Waals surface area (Å²) in [5.74, 6) is 0. The Kier molecular flexibility index (Phi) is 3.37. The van der Waals surface area contributed by atoms with Gasteiger partial charge in [0.1, 0.15) is 6.33 Å². The van der Waals surface area contributed by atoms with E-state index in [4.69, 9.17) is 4.55 Å². The number of H-pyrrole nitrogens is 1. The molecular formula is C6H8N4O3S. The van der Waals surface area contributed by atoms with Gasteiger partial charge in [-0.2, -0.15) is 8.42 Å². The van der Waals surface area contributed by atoms with Crippen LogP contribution in [0.4, 0.5) is 0 Å². The van der Waals surface area contributed by atoms with Crippen molar-refractivity contribution in [3.8, 4) is 0 Å². The van der Waals surface area contributed by atoms with Crippen molar-refractivity contribution in [2.24, 2.45) is 0 Å². The van der Waals surface area contributed by atoms with Crippen molar-refractivity contribution in [1.29, 1.82) is 0 Å². The van der Waals surface area contributed by atoms with Crippen LogP contribution < -0.4 is 0 Å². The van der Waals surface area contributed by atoms with E-state index < -0.39 is 10.3 Å². The lowest BCUT2D eigenvalue weighted by molar-refractivity contribution is 0.472. The van der Waals surface area contributed by atoms with Gasteiger partial charge in [0.2, 0.25) is 0 Å². The number of hydrogen-bond donors (Lipinski definition) is 2. The number of nitrogens with one attached hydrogen (secondary N) is 1. The van der Waals surface area contributed by atoms with E-state index in [1.54, 1.807) is 18.7 Å². The number of aromatic amines is 1. The van der Waals surface area contributed by atoms with E-state index in [1.165, 1.54) is 6.20 Å². The molecule has 0 aliphatic carbocycles. The fraction of sp³-hybridized carbons (Fsp3) is 0. The second kappa shape index (κ2) is 4.53. The lowest BCUT2D eigenvalue weighted by Crippen LogP contribution is -2.07. The van der Waals surface area contributed by atoms with Gasteiger partial charge in [-0.1, -0.05) is 0 Å². The van der Waals surface area contributed by atoms with Gasteiger partial charge < -0.3 is 4.98 Å². The van der Waals surface area contributed by atoms with Gasteiger partial charge in [-0.05, 0) is 0 Å². The van der Waals surface area contributed by atoms with Crippen LogP contribution in [-0.2, 0) is 10.3 Å². The summed E-state index contributed by atoms with van der Waals surface area (Å²) in [5, 5.41) is 0. The van der Waals surface area contributed by atoms with E-state index in [-0.39, 0.29) is 0 Å². The number of nitrogens with zero attached hydrogens (tertiary/aromatic N) is 3. The molecular weight excluding hydrogens is 208 g/mol. The Balaban J connectivity index is 0.000000165. The van der Waals surface area contributed by atoms with Gasteiger partial charge >= 0.3 is 10.3 Å². The van der Waals surface area contributed by atoms with E-state index in [2.05, 4.69) is 15.0 Å². The molecule has 0 aliphatic rings. The highest BCUT2D eigenvalue weighted by molar-refractivity contribution is 7.84. The predicted molar refractivity (Wildman–Crippen MR) is 47.8 cm³/mol. The van der Waals surface area contributed by atoms with Gasteiger partial charge in [0.05, 0.1) is 6.33 Å². The molecule has 0 unspecified atom stereocenters. The normalized spacial score (nSPS) is 10.4. The van der Waals surface area contributed by atoms with Crippen molar-refractivity contribution in [3.63, 3.8) is 0 Å². The van der Waals surface area contributed by atoms with E-state index in [1.807, 2.05) is 0 Å². The van der Waals surface area contributed by atoms with Crippen molar-refractivity contribution in [3.05, 3.63) is 37.4 Å². The summed E-state index contributed by atoms with van der Waals surface area (Å²) in [5.41, 5.74) is 0. The first-order valence-corrected chi connectivity index (χ1v) is 4.89. The molecule has 0 fully saturated rings. The summed E-state index contributed by atoms with van der Waals surface area (Å²) in [6, 6.07) is 0. The first kappa shape index (κ1) is 10.4. The molecule has 7 nitrogen and oxygen atoms in total. The summed E-state index contributed by atoms with van der Waals surface area (Å²) in [6.07, 6.45) is 8.47. The number of aromatic nitrogens is 4. The predicted octanol–water partition coefficient (Wildman–Crippen LogP) is -0.0563.